The van der Waals surface area contributed by atoms with Crippen LogP contribution in [0.2, 0.25) is 0 Å². The lowest BCUT2D eigenvalue weighted by atomic mass is 10.5. The van der Waals surface area contributed by atoms with E-state index in [-0.39, 0.29) is 0 Å². The van der Waals surface area contributed by atoms with Gasteiger partial charge >= 0.3 is 0 Å². The van der Waals surface area contributed by atoms with Crippen LogP contribution >= 0.6 is 0 Å². The Kier molecular flexibility index (Phi) is 8.33. The van der Waals surface area contributed by atoms with Gasteiger partial charge in [-0.3, -0.25) is 9.80 Å². The molecule has 0 aliphatic rings. The fourth-order valence-electron chi connectivity index (χ4n) is 1.09. The molecule has 0 aliphatic heterocycles. The second kappa shape index (κ2) is 8.44. The maximum Gasteiger partial charge on any atom is 0.0590 e. The third-order valence-electron chi connectivity index (χ3n) is 1.71. The van der Waals surface area contributed by atoms with Crippen molar-refractivity contribution in [2.45, 2.75) is 0 Å². The van der Waals surface area contributed by atoms with Crippen LogP contribution in [-0.4, -0.2) is 71.1 Å². The van der Waals surface area contributed by atoms with Gasteiger partial charge in [0, 0.05) is 27.3 Å². The van der Waals surface area contributed by atoms with Gasteiger partial charge in [-0.2, -0.15) is 0 Å². The summed E-state index contributed by atoms with van der Waals surface area (Å²) < 4.78 is 10.1. The molecule has 0 bridgehead atoms. The average molecular weight is 190 g/mol. The van der Waals surface area contributed by atoms with Gasteiger partial charge in [0.1, 0.15) is 0 Å². The summed E-state index contributed by atoms with van der Waals surface area (Å²) in [6, 6.07) is 0. The van der Waals surface area contributed by atoms with E-state index in [0.717, 1.165) is 33.0 Å². The molecule has 0 unspecified atom stereocenters. The molecule has 0 fully saturated rings. The van der Waals surface area contributed by atoms with Gasteiger partial charge in [0.2, 0.25) is 0 Å². The number of hydrogen-bond acceptors (Lipinski definition) is 4. The molecule has 0 atom stereocenters. The van der Waals surface area contributed by atoms with Gasteiger partial charge in [-0.15, -0.1) is 0 Å². The van der Waals surface area contributed by atoms with Gasteiger partial charge < -0.3 is 9.47 Å². The van der Waals surface area contributed by atoms with Crippen molar-refractivity contribution in [3.8, 4) is 0 Å². The van der Waals surface area contributed by atoms with E-state index >= 15 is 0 Å². The predicted octanol–water partition coefficient (Wildman–Crippen LogP) is 0.100. The smallest absolute Gasteiger partial charge is 0.0590 e. The van der Waals surface area contributed by atoms with Crippen molar-refractivity contribution in [3.05, 3.63) is 0 Å². The molecule has 0 aromatic rings. The van der Waals surface area contributed by atoms with E-state index in [2.05, 4.69) is 23.9 Å². The highest BCUT2D eigenvalue weighted by molar-refractivity contribution is 4.55. The third-order valence-corrected chi connectivity index (χ3v) is 1.71. The number of methoxy groups -OCH3 is 2. The Hall–Kier alpha value is -0.160. The van der Waals surface area contributed by atoms with Gasteiger partial charge in [-0.1, -0.05) is 0 Å². The summed E-state index contributed by atoms with van der Waals surface area (Å²) in [7, 11) is 7.58. The topological polar surface area (TPSA) is 24.9 Å². The van der Waals surface area contributed by atoms with Crippen LogP contribution in [0.4, 0.5) is 0 Å². The fraction of sp³-hybridized carbons (Fsp3) is 1.00. The first-order chi connectivity index (χ1) is 6.20. The summed E-state index contributed by atoms with van der Waals surface area (Å²) in [6.07, 6.45) is 0. The highest BCUT2D eigenvalue weighted by Crippen LogP contribution is 1.90. The van der Waals surface area contributed by atoms with Crippen LogP contribution < -0.4 is 0 Å². The minimum absolute atomic E-state index is 0.775. The van der Waals surface area contributed by atoms with Crippen LogP contribution in [0.15, 0.2) is 0 Å². The van der Waals surface area contributed by atoms with Crippen molar-refractivity contribution in [2.24, 2.45) is 0 Å². The minimum Gasteiger partial charge on any atom is -0.383 e. The van der Waals surface area contributed by atoms with E-state index in [4.69, 9.17) is 9.47 Å². The van der Waals surface area contributed by atoms with E-state index < -0.39 is 0 Å². The Morgan fingerprint density at radius 2 is 1.38 bits per heavy atom. The number of ether oxygens (including phenoxy) is 2. The van der Waals surface area contributed by atoms with Crippen molar-refractivity contribution in [1.82, 2.24) is 9.80 Å². The summed E-state index contributed by atoms with van der Waals surface area (Å²) in [6.45, 7) is 4.41. The van der Waals surface area contributed by atoms with E-state index in [1.165, 1.54) is 0 Å². The zero-order valence-electron chi connectivity index (χ0n) is 9.25. The molecule has 4 nitrogen and oxygen atoms in total. The molecular formula is C9H22N2O2. The molecule has 0 spiro atoms. The monoisotopic (exact) mass is 190 g/mol. The molecule has 0 N–H and O–H groups in total. The summed E-state index contributed by atoms with van der Waals surface area (Å²) in [5, 5.41) is 0. The first kappa shape index (κ1) is 12.8. The molecule has 13 heavy (non-hydrogen) atoms. The molecule has 0 aromatic carbocycles. The molecular weight excluding hydrogens is 168 g/mol. The Morgan fingerprint density at radius 3 is 1.69 bits per heavy atom. The SMILES string of the molecule is COCCN(CCOC)CN(C)C. The number of hydrogen-bond donors (Lipinski definition) is 0. The predicted molar refractivity (Wildman–Crippen MR) is 53.9 cm³/mol. The van der Waals surface area contributed by atoms with Gasteiger partial charge in [-0.25, -0.2) is 0 Å². The minimum atomic E-state index is 0.775. The van der Waals surface area contributed by atoms with Crippen molar-refractivity contribution in [1.29, 1.82) is 0 Å². The lowest BCUT2D eigenvalue weighted by Crippen LogP contribution is -2.37. The standard InChI is InChI=1S/C9H22N2O2/c1-10(2)9-11(5-7-12-3)6-8-13-4/h5-9H2,1-4H3. The summed E-state index contributed by atoms with van der Waals surface area (Å²) in [4.78, 5) is 4.44. The van der Waals surface area contributed by atoms with Crippen LogP contribution in [-0.2, 0) is 9.47 Å². The molecule has 0 aliphatic carbocycles. The lowest BCUT2D eigenvalue weighted by molar-refractivity contribution is 0.0862. The van der Waals surface area contributed by atoms with Crippen molar-refractivity contribution >= 4 is 0 Å². The Balaban J connectivity index is 3.60. The third kappa shape index (κ3) is 8.18. The Bertz CT molecular complexity index is 102. The molecule has 0 saturated heterocycles. The van der Waals surface area contributed by atoms with Crippen molar-refractivity contribution in [2.75, 3.05) is 61.3 Å². The molecule has 0 aromatic heterocycles. The van der Waals surface area contributed by atoms with Gasteiger partial charge in [0.15, 0.2) is 0 Å². The van der Waals surface area contributed by atoms with Crippen LogP contribution in [0, 0.1) is 0 Å². The Morgan fingerprint density at radius 1 is 0.923 bits per heavy atom. The van der Waals surface area contributed by atoms with Crippen LogP contribution in [0.1, 0.15) is 0 Å². The highest BCUT2D eigenvalue weighted by atomic mass is 16.5. The Labute approximate surface area is 81.4 Å². The molecule has 4 heteroatoms. The van der Waals surface area contributed by atoms with Crippen molar-refractivity contribution < 1.29 is 9.47 Å². The largest absolute Gasteiger partial charge is 0.383 e. The first-order valence-corrected chi connectivity index (χ1v) is 4.55. The second-order valence-corrected chi connectivity index (χ2v) is 3.32. The zero-order valence-corrected chi connectivity index (χ0v) is 9.25. The molecule has 0 rings (SSSR count). The molecule has 80 valence electrons. The van der Waals surface area contributed by atoms with Crippen LogP contribution in [0.25, 0.3) is 0 Å². The molecule has 0 saturated carbocycles. The fourth-order valence-corrected chi connectivity index (χ4v) is 1.09. The molecule has 0 radical (unpaired) electrons. The van der Waals surface area contributed by atoms with Gasteiger partial charge in [0.25, 0.3) is 0 Å². The van der Waals surface area contributed by atoms with E-state index in [9.17, 15) is 0 Å². The average Bonchev–Trinajstić information content (AvgIpc) is 2.09. The molecule has 0 heterocycles. The molecule has 0 amide bonds. The summed E-state index contributed by atoms with van der Waals surface area (Å²) in [5.74, 6) is 0. The second-order valence-electron chi connectivity index (χ2n) is 3.32. The maximum atomic E-state index is 5.03. The quantitative estimate of drug-likeness (QED) is 0.507. The van der Waals surface area contributed by atoms with Crippen molar-refractivity contribution in [3.63, 3.8) is 0 Å². The number of nitrogens with zero attached hydrogens (tertiary/aromatic N) is 2. The lowest BCUT2D eigenvalue weighted by Gasteiger charge is -2.24. The number of rotatable bonds is 8. The summed E-state index contributed by atoms with van der Waals surface area (Å²) >= 11 is 0. The normalized spacial score (nSPS) is 11.5. The van der Waals surface area contributed by atoms with Gasteiger partial charge in [-0.05, 0) is 14.1 Å². The van der Waals surface area contributed by atoms with Crippen LogP contribution in [0.3, 0.4) is 0 Å². The maximum absolute atomic E-state index is 5.03. The van der Waals surface area contributed by atoms with Crippen LogP contribution in [0.5, 0.6) is 0 Å². The van der Waals surface area contributed by atoms with Gasteiger partial charge in [0.05, 0.1) is 19.9 Å². The van der Waals surface area contributed by atoms with E-state index in [1.807, 2.05) is 0 Å². The zero-order chi connectivity index (χ0) is 10.1. The van der Waals surface area contributed by atoms with E-state index in [1.54, 1.807) is 14.2 Å². The first-order valence-electron chi connectivity index (χ1n) is 4.55. The van der Waals surface area contributed by atoms with E-state index in [0.29, 0.717) is 0 Å². The highest BCUT2D eigenvalue weighted by Gasteiger charge is 2.04. The summed E-state index contributed by atoms with van der Waals surface area (Å²) in [5.41, 5.74) is 0.